The van der Waals surface area contributed by atoms with Gasteiger partial charge in [0.15, 0.2) is 0 Å². The molecule has 1 fully saturated rings. The summed E-state index contributed by atoms with van der Waals surface area (Å²) < 4.78 is 1.16. The van der Waals surface area contributed by atoms with E-state index < -0.39 is 0 Å². The summed E-state index contributed by atoms with van der Waals surface area (Å²) >= 11 is 3.59. The van der Waals surface area contributed by atoms with Gasteiger partial charge in [0.1, 0.15) is 0 Å². The molecule has 1 aromatic rings. The van der Waals surface area contributed by atoms with Crippen LogP contribution >= 0.6 is 15.9 Å². The van der Waals surface area contributed by atoms with Crippen molar-refractivity contribution in [1.29, 1.82) is 0 Å². The van der Waals surface area contributed by atoms with E-state index in [2.05, 4.69) is 52.9 Å². The zero-order chi connectivity index (χ0) is 13.1. The maximum absolute atomic E-state index is 5.73. The average Bonchev–Trinajstić information content (AvgIpc) is 2.35. The Kier molecular flexibility index (Phi) is 4.68. The molecule has 0 amide bonds. The van der Waals surface area contributed by atoms with E-state index in [4.69, 9.17) is 5.73 Å². The second kappa shape index (κ2) is 6.07. The molecule has 3 heteroatoms. The molecule has 1 aliphatic heterocycles. The summed E-state index contributed by atoms with van der Waals surface area (Å²) in [4.78, 5) is 2.56. The first-order valence-electron chi connectivity index (χ1n) is 6.88. The predicted molar refractivity (Wildman–Crippen MR) is 82.1 cm³/mol. The highest BCUT2D eigenvalue weighted by molar-refractivity contribution is 9.10. The van der Waals surface area contributed by atoms with Crippen molar-refractivity contribution in [1.82, 2.24) is 0 Å². The highest BCUT2D eigenvalue weighted by Crippen LogP contribution is 2.32. The molecule has 0 saturated carbocycles. The molecular weight excluding hydrogens is 288 g/mol. The third-order valence-electron chi connectivity index (χ3n) is 4.14. The number of piperidine rings is 1. The number of nitrogens with zero attached hydrogens (tertiary/aromatic N) is 1. The van der Waals surface area contributed by atoms with Crippen LogP contribution in [-0.4, -0.2) is 19.1 Å². The monoisotopic (exact) mass is 310 g/mol. The maximum atomic E-state index is 5.73. The number of anilines is 1. The molecule has 2 nitrogen and oxygen atoms in total. The van der Waals surface area contributed by atoms with Gasteiger partial charge in [0.05, 0.1) is 0 Å². The van der Waals surface area contributed by atoms with Crippen molar-refractivity contribution in [3.05, 3.63) is 28.2 Å². The van der Waals surface area contributed by atoms with E-state index in [0.29, 0.717) is 12.6 Å². The summed E-state index contributed by atoms with van der Waals surface area (Å²) in [6.45, 7) is 6.58. The summed E-state index contributed by atoms with van der Waals surface area (Å²) in [7, 11) is 0. The molecule has 1 heterocycles. The van der Waals surface area contributed by atoms with Gasteiger partial charge < -0.3 is 10.6 Å². The number of benzene rings is 1. The first kappa shape index (κ1) is 13.9. The molecule has 0 spiro atoms. The Morgan fingerprint density at radius 1 is 1.39 bits per heavy atom. The number of halogens is 1. The van der Waals surface area contributed by atoms with Crippen LogP contribution in [0.2, 0.25) is 0 Å². The Labute approximate surface area is 119 Å². The van der Waals surface area contributed by atoms with Gasteiger partial charge in [0, 0.05) is 22.7 Å². The van der Waals surface area contributed by atoms with Crippen LogP contribution in [0.25, 0.3) is 0 Å². The summed E-state index contributed by atoms with van der Waals surface area (Å²) in [5, 5.41) is 0. The Morgan fingerprint density at radius 3 is 2.89 bits per heavy atom. The zero-order valence-corrected chi connectivity index (χ0v) is 12.9. The van der Waals surface area contributed by atoms with Crippen molar-refractivity contribution in [3.63, 3.8) is 0 Å². The van der Waals surface area contributed by atoms with Crippen LogP contribution < -0.4 is 10.6 Å². The van der Waals surface area contributed by atoms with Crippen molar-refractivity contribution >= 4 is 21.6 Å². The Bertz CT molecular complexity index is 405. The molecule has 0 aliphatic carbocycles. The van der Waals surface area contributed by atoms with Crippen LogP contribution in [0.4, 0.5) is 5.69 Å². The highest BCUT2D eigenvalue weighted by atomic mass is 79.9. The van der Waals surface area contributed by atoms with Gasteiger partial charge in [0.2, 0.25) is 0 Å². The van der Waals surface area contributed by atoms with Gasteiger partial charge in [-0.25, -0.2) is 0 Å². The molecule has 18 heavy (non-hydrogen) atoms. The fourth-order valence-electron chi connectivity index (χ4n) is 2.85. The SMILES string of the molecule is CC1CCCN(c2cc(Br)ccc2CCN)C1C. The van der Waals surface area contributed by atoms with E-state index in [9.17, 15) is 0 Å². The molecular formula is C15H23BrN2. The average molecular weight is 311 g/mol. The van der Waals surface area contributed by atoms with E-state index in [1.807, 2.05) is 0 Å². The molecule has 0 radical (unpaired) electrons. The first-order chi connectivity index (χ1) is 8.63. The lowest BCUT2D eigenvalue weighted by molar-refractivity contribution is 0.363. The van der Waals surface area contributed by atoms with Crippen molar-refractivity contribution in [2.45, 2.75) is 39.2 Å². The fraction of sp³-hybridized carbons (Fsp3) is 0.600. The summed E-state index contributed by atoms with van der Waals surface area (Å²) in [5.74, 6) is 0.767. The van der Waals surface area contributed by atoms with Crippen molar-refractivity contribution < 1.29 is 0 Å². The topological polar surface area (TPSA) is 29.3 Å². The minimum absolute atomic E-state index is 0.615. The second-order valence-corrected chi connectivity index (χ2v) is 6.28. The van der Waals surface area contributed by atoms with Crippen LogP contribution in [0.1, 0.15) is 32.3 Å². The van der Waals surface area contributed by atoms with Crippen molar-refractivity contribution in [2.75, 3.05) is 18.0 Å². The van der Waals surface area contributed by atoms with Gasteiger partial charge in [-0.3, -0.25) is 0 Å². The second-order valence-electron chi connectivity index (χ2n) is 5.37. The molecule has 1 aromatic carbocycles. The van der Waals surface area contributed by atoms with E-state index >= 15 is 0 Å². The maximum Gasteiger partial charge on any atom is 0.0413 e. The number of hydrogen-bond acceptors (Lipinski definition) is 2. The predicted octanol–water partition coefficient (Wildman–Crippen LogP) is 3.58. The van der Waals surface area contributed by atoms with E-state index in [-0.39, 0.29) is 0 Å². The number of hydrogen-bond donors (Lipinski definition) is 1. The van der Waals surface area contributed by atoms with Gasteiger partial charge in [-0.15, -0.1) is 0 Å². The lowest BCUT2D eigenvalue weighted by Gasteiger charge is -2.40. The molecule has 2 atom stereocenters. The summed E-state index contributed by atoms with van der Waals surface area (Å²) in [6.07, 6.45) is 3.60. The molecule has 2 N–H and O–H groups in total. The van der Waals surface area contributed by atoms with Crippen LogP contribution in [0, 0.1) is 5.92 Å². The van der Waals surface area contributed by atoms with E-state index in [0.717, 1.165) is 16.8 Å². The summed E-state index contributed by atoms with van der Waals surface area (Å²) in [5.41, 5.74) is 8.47. The van der Waals surface area contributed by atoms with Crippen molar-refractivity contribution in [2.24, 2.45) is 11.7 Å². The highest BCUT2D eigenvalue weighted by Gasteiger charge is 2.26. The van der Waals surface area contributed by atoms with E-state index in [1.165, 1.54) is 30.6 Å². The van der Waals surface area contributed by atoms with Gasteiger partial charge in [-0.05, 0) is 56.3 Å². The molecule has 1 saturated heterocycles. The van der Waals surface area contributed by atoms with Crippen LogP contribution in [0.15, 0.2) is 22.7 Å². The smallest absolute Gasteiger partial charge is 0.0413 e. The Balaban J connectivity index is 2.32. The number of rotatable bonds is 3. The third-order valence-corrected chi connectivity index (χ3v) is 4.64. The quantitative estimate of drug-likeness (QED) is 0.924. The fourth-order valence-corrected chi connectivity index (χ4v) is 3.20. The van der Waals surface area contributed by atoms with Crippen molar-refractivity contribution in [3.8, 4) is 0 Å². The Morgan fingerprint density at radius 2 is 2.17 bits per heavy atom. The molecule has 2 unspecified atom stereocenters. The zero-order valence-electron chi connectivity index (χ0n) is 11.3. The lowest BCUT2D eigenvalue weighted by Crippen LogP contribution is -2.43. The standard InChI is InChI=1S/C15H23BrN2/c1-11-4-3-9-18(12(11)2)15-10-14(16)6-5-13(15)7-8-17/h5-6,10-12H,3-4,7-9,17H2,1-2H3. The van der Waals surface area contributed by atoms with Crippen LogP contribution in [0.3, 0.4) is 0 Å². The van der Waals surface area contributed by atoms with E-state index in [1.54, 1.807) is 0 Å². The lowest BCUT2D eigenvalue weighted by atomic mass is 9.91. The molecule has 100 valence electrons. The minimum Gasteiger partial charge on any atom is -0.368 e. The molecule has 2 rings (SSSR count). The Hall–Kier alpha value is -0.540. The van der Waals surface area contributed by atoms with Crippen LogP contribution in [0.5, 0.6) is 0 Å². The van der Waals surface area contributed by atoms with Crippen LogP contribution in [-0.2, 0) is 6.42 Å². The normalized spacial score (nSPS) is 24.3. The van der Waals surface area contributed by atoms with Gasteiger partial charge >= 0.3 is 0 Å². The largest absolute Gasteiger partial charge is 0.368 e. The molecule has 0 bridgehead atoms. The number of nitrogens with two attached hydrogens (primary N) is 1. The van der Waals surface area contributed by atoms with Gasteiger partial charge in [-0.1, -0.05) is 28.9 Å². The molecule has 1 aliphatic rings. The molecule has 0 aromatic heterocycles. The third kappa shape index (κ3) is 2.89. The summed E-state index contributed by atoms with van der Waals surface area (Å²) in [6, 6.07) is 7.19. The minimum atomic E-state index is 0.615. The van der Waals surface area contributed by atoms with Gasteiger partial charge in [-0.2, -0.15) is 0 Å². The van der Waals surface area contributed by atoms with Gasteiger partial charge in [0.25, 0.3) is 0 Å². The first-order valence-corrected chi connectivity index (χ1v) is 7.68.